The number of halogens is 1. The SMILES string of the molecule is Cc1noc(C)c1C(C)CNc1nnc(Cc2ccccc2F)s1. The average molecular weight is 346 g/mol. The summed E-state index contributed by atoms with van der Waals surface area (Å²) in [7, 11) is 0. The van der Waals surface area contributed by atoms with Crippen LogP contribution in [0.5, 0.6) is 0 Å². The van der Waals surface area contributed by atoms with Gasteiger partial charge in [-0.2, -0.15) is 0 Å². The molecule has 0 radical (unpaired) electrons. The Balaban J connectivity index is 1.61. The lowest BCUT2D eigenvalue weighted by Crippen LogP contribution is -2.10. The third-order valence-corrected chi connectivity index (χ3v) is 4.79. The van der Waals surface area contributed by atoms with Crippen molar-refractivity contribution in [2.75, 3.05) is 11.9 Å². The lowest BCUT2D eigenvalue weighted by Gasteiger charge is -2.11. The highest BCUT2D eigenvalue weighted by atomic mass is 32.1. The smallest absolute Gasteiger partial charge is 0.205 e. The first-order chi connectivity index (χ1) is 11.5. The van der Waals surface area contributed by atoms with Crippen molar-refractivity contribution in [3.05, 3.63) is 57.7 Å². The van der Waals surface area contributed by atoms with Crippen LogP contribution in [0.2, 0.25) is 0 Å². The second-order valence-corrected chi connectivity index (χ2v) is 6.85. The van der Waals surface area contributed by atoms with Gasteiger partial charge in [0.05, 0.1) is 5.69 Å². The van der Waals surface area contributed by atoms with Gasteiger partial charge in [0.25, 0.3) is 0 Å². The van der Waals surface area contributed by atoms with Crippen LogP contribution in [-0.2, 0) is 6.42 Å². The van der Waals surface area contributed by atoms with Crippen molar-refractivity contribution in [2.24, 2.45) is 0 Å². The van der Waals surface area contributed by atoms with E-state index in [9.17, 15) is 4.39 Å². The van der Waals surface area contributed by atoms with Crippen LogP contribution in [0.1, 0.15) is 40.4 Å². The van der Waals surface area contributed by atoms with Crippen LogP contribution >= 0.6 is 11.3 Å². The molecule has 1 unspecified atom stereocenters. The zero-order valence-electron chi connectivity index (χ0n) is 13.8. The van der Waals surface area contributed by atoms with E-state index >= 15 is 0 Å². The molecule has 5 nitrogen and oxygen atoms in total. The number of rotatable bonds is 6. The largest absolute Gasteiger partial charge is 0.361 e. The standard InChI is InChI=1S/C17H19FN4OS/c1-10(16-11(2)22-23-12(16)3)9-19-17-21-20-15(24-17)8-13-6-4-5-7-14(13)18/h4-7,10H,8-9H2,1-3H3,(H,19,21). The molecule has 0 saturated carbocycles. The molecule has 2 aromatic heterocycles. The monoisotopic (exact) mass is 346 g/mol. The molecule has 3 aromatic rings. The van der Waals surface area contributed by atoms with Gasteiger partial charge in [-0.15, -0.1) is 10.2 Å². The van der Waals surface area contributed by atoms with Crippen molar-refractivity contribution in [3.63, 3.8) is 0 Å². The summed E-state index contributed by atoms with van der Waals surface area (Å²) in [6, 6.07) is 6.73. The molecule has 2 heterocycles. The average Bonchev–Trinajstić information content (AvgIpc) is 3.14. The Morgan fingerprint density at radius 3 is 2.75 bits per heavy atom. The number of anilines is 1. The Labute approximate surface area is 143 Å². The van der Waals surface area contributed by atoms with Crippen molar-refractivity contribution < 1.29 is 8.91 Å². The second-order valence-electron chi connectivity index (χ2n) is 5.79. The number of hydrogen-bond donors (Lipinski definition) is 1. The molecule has 0 aliphatic heterocycles. The minimum absolute atomic E-state index is 0.214. The third-order valence-electron chi connectivity index (χ3n) is 3.91. The van der Waals surface area contributed by atoms with E-state index in [-0.39, 0.29) is 11.7 Å². The first kappa shape index (κ1) is 16.6. The van der Waals surface area contributed by atoms with Crippen molar-refractivity contribution in [1.82, 2.24) is 15.4 Å². The van der Waals surface area contributed by atoms with E-state index in [1.165, 1.54) is 17.4 Å². The van der Waals surface area contributed by atoms with Gasteiger partial charge in [-0.1, -0.05) is 41.6 Å². The summed E-state index contributed by atoms with van der Waals surface area (Å²) in [6.45, 7) is 6.68. The fourth-order valence-corrected chi connectivity index (χ4v) is 3.51. The first-order valence-corrected chi connectivity index (χ1v) is 8.58. The van der Waals surface area contributed by atoms with E-state index in [0.717, 1.165) is 27.2 Å². The predicted octanol–water partition coefficient (Wildman–Crippen LogP) is 4.09. The molecule has 1 aromatic carbocycles. The molecule has 7 heteroatoms. The summed E-state index contributed by atoms with van der Waals surface area (Å²) in [5.41, 5.74) is 2.67. The molecular weight excluding hydrogens is 327 g/mol. The molecule has 0 fully saturated rings. The maximum Gasteiger partial charge on any atom is 0.205 e. The van der Waals surface area contributed by atoms with Gasteiger partial charge in [0, 0.05) is 24.4 Å². The number of nitrogens with zero attached hydrogens (tertiary/aromatic N) is 3. The van der Waals surface area contributed by atoms with Crippen molar-refractivity contribution in [1.29, 1.82) is 0 Å². The molecule has 1 atom stereocenters. The number of benzene rings is 1. The Morgan fingerprint density at radius 2 is 2.04 bits per heavy atom. The van der Waals surface area contributed by atoms with E-state index in [0.29, 0.717) is 18.5 Å². The molecule has 0 spiro atoms. The highest BCUT2D eigenvalue weighted by Gasteiger charge is 2.17. The van der Waals surface area contributed by atoms with Crippen LogP contribution in [-0.4, -0.2) is 21.9 Å². The van der Waals surface area contributed by atoms with Gasteiger partial charge in [-0.25, -0.2) is 4.39 Å². The number of aromatic nitrogens is 3. The zero-order chi connectivity index (χ0) is 17.1. The minimum atomic E-state index is -0.214. The van der Waals surface area contributed by atoms with Crippen LogP contribution in [0, 0.1) is 19.7 Å². The van der Waals surface area contributed by atoms with Crippen LogP contribution in [0.4, 0.5) is 9.52 Å². The fourth-order valence-electron chi connectivity index (χ4n) is 2.74. The molecular formula is C17H19FN4OS. The van der Waals surface area contributed by atoms with E-state index in [1.54, 1.807) is 12.1 Å². The van der Waals surface area contributed by atoms with E-state index in [1.807, 2.05) is 19.9 Å². The number of nitrogens with one attached hydrogen (secondary N) is 1. The van der Waals surface area contributed by atoms with Crippen LogP contribution < -0.4 is 5.32 Å². The summed E-state index contributed by atoms with van der Waals surface area (Å²) in [5.74, 6) is 0.878. The summed E-state index contributed by atoms with van der Waals surface area (Å²) >= 11 is 1.44. The molecule has 126 valence electrons. The van der Waals surface area contributed by atoms with Gasteiger partial charge in [0.1, 0.15) is 16.6 Å². The van der Waals surface area contributed by atoms with E-state index < -0.39 is 0 Å². The van der Waals surface area contributed by atoms with Gasteiger partial charge < -0.3 is 9.84 Å². The van der Waals surface area contributed by atoms with Gasteiger partial charge >= 0.3 is 0 Å². The zero-order valence-corrected chi connectivity index (χ0v) is 14.7. The Bertz CT molecular complexity index is 810. The summed E-state index contributed by atoms with van der Waals surface area (Å²) in [4.78, 5) is 0. The van der Waals surface area contributed by atoms with Crippen LogP contribution in [0.25, 0.3) is 0 Å². The van der Waals surface area contributed by atoms with Gasteiger partial charge in [0.2, 0.25) is 5.13 Å². The maximum absolute atomic E-state index is 13.7. The molecule has 0 aliphatic carbocycles. The van der Waals surface area contributed by atoms with Crippen LogP contribution in [0.3, 0.4) is 0 Å². The lowest BCUT2D eigenvalue weighted by atomic mass is 10.00. The lowest BCUT2D eigenvalue weighted by molar-refractivity contribution is 0.391. The molecule has 24 heavy (non-hydrogen) atoms. The summed E-state index contributed by atoms with van der Waals surface area (Å²) < 4.78 is 18.9. The van der Waals surface area contributed by atoms with E-state index in [4.69, 9.17) is 4.52 Å². The molecule has 0 saturated heterocycles. The van der Waals surface area contributed by atoms with Crippen molar-refractivity contribution >= 4 is 16.5 Å². The second kappa shape index (κ2) is 7.09. The molecule has 3 rings (SSSR count). The Kier molecular flexibility index (Phi) is 4.89. The Morgan fingerprint density at radius 1 is 1.25 bits per heavy atom. The molecule has 0 amide bonds. The van der Waals surface area contributed by atoms with Gasteiger partial charge in [-0.3, -0.25) is 0 Å². The number of hydrogen-bond acceptors (Lipinski definition) is 6. The maximum atomic E-state index is 13.7. The van der Waals surface area contributed by atoms with Crippen LogP contribution in [0.15, 0.2) is 28.8 Å². The highest BCUT2D eigenvalue weighted by Crippen LogP contribution is 2.25. The van der Waals surface area contributed by atoms with Gasteiger partial charge in [0.15, 0.2) is 0 Å². The quantitative estimate of drug-likeness (QED) is 0.728. The summed E-state index contributed by atoms with van der Waals surface area (Å²) in [5, 5.41) is 17.1. The van der Waals surface area contributed by atoms with Gasteiger partial charge in [-0.05, 0) is 25.5 Å². The predicted molar refractivity (Wildman–Crippen MR) is 92.0 cm³/mol. The molecule has 1 N–H and O–H groups in total. The summed E-state index contributed by atoms with van der Waals surface area (Å²) in [6.07, 6.45) is 0.450. The first-order valence-electron chi connectivity index (χ1n) is 7.77. The van der Waals surface area contributed by atoms with Crippen molar-refractivity contribution in [3.8, 4) is 0 Å². The topological polar surface area (TPSA) is 63.8 Å². The number of aryl methyl sites for hydroxylation is 2. The van der Waals surface area contributed by atoms with E-state index in [2.05, 4.69) is 27.6 Å². The fraction of sp³-hybridized carbons (Fsp3) is 0.353. The third kappa shape index (κ3) is 3.62. The molecule has 0 aliphatic rings. The highest BCUT2D eigenvalue weighted by molar-refractivity contribution is 7.15. The Hall–Kier alpha value is -2.28. The normalized spacial score (nSPS) is 12.3. The van der Waals surface area contributed by atoms with Crippen molar-refractivity contribution in [2.45, 2.75) is 33.1 Å². The minimum Gasteiger partial charge on any atom is -0.361 e. The molecule has 0 bridgehead atoms.